The Morgan fingerprint density at radius 2 is 1.76 bits per heavy atom. The Morgan fingerprint density at radius 1 is 0.966 bits per heavy atom. The first-order valence-corrected chi connectivity index (χ1v) is 10.7. The average Bonchev–Trinajstić information content (AvgIpc) is 3.27. The van der Waals surface area contributed by atoms with Crippen LogP contribution in [0.25, 0.3) is 0 Å². The number of rotatable bonds is 7. The first-order chi connectivity index (χ1) is 14.2. The molecule has 2 aromatic rings. The third-order valence-electron chi connectivity index (χ3n) is 6.00. The first kappa shape index (κ1) is 19.9. The average molecular weight is 397 g/mol. The molecule has 5 heteroatoms. The highest BCUT2D eigenvalue weighted by atomic mass is 16.5. The van der Waals surface area contributed by atoms with Gasteiger partial charge in [0.1, 0.15) is 5.75 Å². The van der Waals surface area contributed by atoms with Crippen molar-refractivity contribution in [3.05, 3.63) is 48.0 Å². The molecule has 0 aromatic heterocycles. The van der Waals surface area contributed by atoms with Gasteiger partial charge in [-0.1, -0.05) is 12.1 Å². The molecule has 1 saturated carbocycles. The van der Waals surface area contributed by atoms with Crippen LogP contribution in [-0.2, 0) is 6.42 Å². The summed E-state index contributed by atoms with van der Waals surface area (Å²) in [7, 11) is 3.42. The van der Waals surface area contributed by atoms with Crippen LogP contribution in [0.3, 0.4) is 0 Å². The van der Waals surface area contributed by atoms with Crippen LogP contribution in [0.4, 0.5) is 5.69 Å². The predicted octanol–water partition coefficient (Wildman–Crippen LogP) is 4.05. The summed E-state index contributed by atoms with van der Waals surface area (Å²) in [5.74, 6) is 2.60. The Kier molecular flexibility index (Phi) is 6.45. The summed E-state index contributed by atoms with van der Waals surface area (Å²) in [5.41, 5.74) is 2.53. The molecule has 29 heavy (non-hydrogen) atoms. The van der Waals surface area contributed by atoms with E-state index in [0.29, 0.717) is 12.1 Å². The molecule has 2 aliphatic rings. The van der Waals surface area contributed by atoms with Crippen molar-refractivity contribution in [2.45, 2.75) is 44.2 Å². The van der Waals surface area contributed by atoms with Crippen LogP contribution < -0.4 is 24.4 Å². The third-order valence-corrected chi connectivity index (χ3v) is 6.00. The molecule has 1 aliphatic carbocycles. The zero-order chi connectivity index (χ0) is 20.1. The molecular weight excluding hydrogens is 364 g/mol. The van der Waals surface area contributed by atoms with Crippen LogP contribution in [0.1, 0.15) is 31.2 Å². The van der Waals surface area contributed by atoms with Crippen molar-refractivity contribution in [2.24, 2.45) is 0 Å². The molecular formula is C24H32N2O3. The molecule has 2 fully saturated rings. The van der Waals surface area contributed by atoms with Crippen molar-refractivity contribution in [3.8, 4) is 17.2 Å². The standard InChI is InChI=1S/C24H32N2O3/c1-27-21-10-7-18(8-11-21)15-19-17-26(14-13-25-19)20-9-12-23(28-2)24(16-20)29-22-5-3-4-6-22/h7-12,16,19,22,25H,3-6,13-15,17H2,1-2H3/t19-/m0/s1. The van der Waals surface area contributed by atoms with E-state index in [-0.39, 0.29) is 0 Å². The zero-order valence-corrected chi connectivity index (χ0v) is 17.5. The predicted molar refractivity (Wildman–Crippen MR) is 117 cm³/mol. The largest absolute Gasteiger partial charge is 0.497 e. The van der Waals surface area contributed by atoms with E-state index in [1.54, 1.807) is 14.2 Å². The van der Waals surface area contributed by atoms with Crippen molar-refractivity contribution in [3.63, 3.8) is 0 Å². The van der Waals surface area contributed by atoms with Gasteiger partial charge in [-0.25, -0.2) is 0 Å². The molecule has 5 nitrogen and oxygen atoms in total. The maximum atomic E-state index is 6.29. The van der Waals surface area contributed by atoms with Crippen LogP contribution in [0, 0.1) is 0 Å². The minimum atomic E-state index is 0.324. The second-order valence-corrected chi connectivity index (χ2v) is 8.01. The van der Waals surface area contributed by atoms with E-state index in [2.05, 4.69) is 34.5 Å². The van der Waals surface area contributed by atoms with Crippen molar-refractivity contribution in [1.29, 1.82) is 0 Å². The summed E-state index contributed by atoms with van der Waals surface area (Å²) in [6.45, 7) is 2.95. The lowest BCUT2D eigenvalue weighted by molar-refractivity contribution is 0.201. The van der Waals surface area contributed by atoms with Crippen LogP contribution in [0.2, 0.25) is 0 Å². The van der Waals surface area contributed by atoms with Gasteiger partial charge >= 0.3 is 0 Å². The summed E-state index contributed by atoms with van der Waals surface area (Å²) < 4.78 is 17.1. The van der Waals surface area contributed by atoms with E-state index in [9.17, 15) is 0 Å². The highest BCUT2D eigenvalue weighted by Crippen LogP contribution is 2.35. The fourth-order valence-electron chi connectivity index (χ4n) is 4.38. The van der Waals surface area contributed by atoms with Crippen LogP contribution in [0.5, 0.6) is 17.2 Å². The number of nitrogens with one attached hydrogen (secondary N) is 1. The van der Waals surface area contributed by atoms with Gasteiger partial charge in [-0.15, -0.1) is 0 Å². The summed E-state index contributed by atoms with van der Waals surface area (Å²) in [6, 6.07) is 15.1. The second-order valence-electron chi connectivity index (χ2n) is 8.01. The number of nitrogens with zero attached hydrogens (tertiary/aromatic N) is 1. The van der Waals surface area contributed by atoms with E-state index in [0.717, 1.165) is 56.1 Å². The molecule has 1 heterocycles. The van der Waals surface area contributed by atoms with Gasteiger partial charge in [-0.05, 0) is 61.9 Å². The van der Waals surface area contributed by atoms with Gasteiger partial charge in [0.15, 0.2) is 11.5 Å². The van der Waals surface area contributed by atoms with Gasteiger partial charge in [0, 0.05) is 37.4 Å². The Labute approximate surface area is 174 Å². The SMILES string of the molecule is COc1ccc(C[C@H]2CN(c3ccc(OC)c(OC4CCCC4)c3)CCN2)cc1. The van der Waals surface area contributed by atoms with Crippen molar-refractivity contribution >= 4 is 5.69 Å². The van der Waals surface area contributed by atoms with Crippen LogP contribution in [-0.4, -0.2) is 46.0 Å². The number of benzene rings is 2. The Balaban J connectivity index is 1.44. The highest BCUT2D eigenvalue weighted by molar-refractivity contribution is 5.57. The van der Waals surface area contributed by atoms with E-state index >= 15 is 0 Å². The maximum Gasteiger partial charge on any atom is 0.163 e. The molecule has 4 rings (SSSR count). The van der Waals surface area contributed by atoms with Crippen LogP contribution >= 0.6 is 0 Å². The fraction of sp³-hybridized carbons (Fsp3) is 0.500. The first-order valence-electron chi connectivity index (χ1n) is 10.7. The summed E-state index contributed by atoms with van der Waals surface area (Å²) in [6.07, 6.45) is 6.14. The van der Waals surface area contributed by atoms with Gasteiger partial charge in [-0.2, -0.15) is 0 Å². The minimum absolute atomic E-state index is 0.324. The maximum absolute atomic E-state index is 6.29. The second kappa shape index (κ2) is 9.40. The lowest BCUT2D eigenvalue weighted by Crippen LogP contribution is -2.51. The molecule has 2 aromatic carbocycles. The van der Waals surface area contributed by atoms with E-state index in [1.807, 2.05) is 18.2 Å². The van der Waals surface area contributed by atoms with Crippen LogP contribution in [0.15, 0.2) is 42.5 Å². The molecule has 0 radical (unpaired) electrons. The Hall–Kier alpha value is -2.40. The van der Waals surface area contributed by atoms with Gasteiger partial charge in [0.25, 0.3) is 0 Å². The summed E-state index contributed by atoms with van der Waals surface area (Å²) >= 11 is 0. The monoisotopic (exact) mass is 396 g/mol. The minimum Gasteiger partial charge on any atom is -0.497 e. The molecule has 1 aliphatic heterocycles. The quantitative estimate of drug-likeness (QED) is 0.765. The third kappa shape index (κ3) is 4.96. The number of hydrogen-bond acceptors (Lipinski definition) is 5. The lowest BCUT2D eigenvalue weighted by Gasteiger charge is -2.35. The molecule has 1 N–H and O–H groups in total. The number of methoxy groups -OCH3 is 2. The summed E-state index contributed by atoms with van der Waals surface area (Å²) in [4.78, 5) is 2.45. The van der Waals surface area contributed by atoms with Gasteiger partial charge in [0.2, 0.25) is 0 Å². The van der Waals surface area contributed by atoms with Crippen molar-refractivity contribution in [1.82, 2.24) is 5.32 Å². The molecule has 0 unspecified atom stereocenters. The summed E-state index contributed by atoms with van der Waals surface area (Å²) in [5, 5.41) is 3.66. The number of anilines is 1. The molecule has 0 bridgehead atoms. The van der Waals surface area contributed by atoms with E-state index < -0.39 is 0 Å². The van der Waals surface area contributed by atoms with E-state index in [1.165, 1.54) is 24.1 Å². The van der Waals surface area contributed by atoms with Gasteiger partial charge < -0.3 is 24.4 Å². The molecule has 0 amide bonds. The smallest absolute Gasteiger partial charge is 0.163 e. The van der Waals surface area contributed by atoms with E-state index in [4.69, 9.17) is 14.2 Å². The van der Waals surface area contributed by atoms with Gasteiger partial charge in [-0.3, -0.25) is 0 Å². The Morgan fingerprint density at radius 3 is 2.48 bits per heavy atom. The topological polar surface area (TPSA) is 43.0 Å². The lowest BCUT2D eigenvalue weighted by atomic mass is 10.0. The van der Waals surface area contributed by atoms with Crippen molar-refractivity contribution < 1.29 is 14.2 Å². The Bertz CT molecular complexity index is 787. The number of ether oxygens (including phenoxy) is 3. The normalized spacial score (nSPS) is 19.9. The molecule has 1 saturated heterocycles. The number of piperazine rings is 1. The van der Waals surface area contributed by atoms with Gasteiger partial charge in [0.05, 0.1) is 20.3 Å². The zero-order valence-electron chi connectivity index (χ0n) is 17.5. The number of hydrogen-bond donors (Lipinski definition) is 1. The van der Waals surface area contributed by atoms with Crippen molar-refractivity contribution in [2.75, 3.05) is 38.8 Å². The molecule has 0 spiro atoms. The fourth-order valence-corrected chi connectivity index (χ4v) is 4.38. The molecule has 1 atom stereocenters. The highest BCUT2D eigenvalue weighted by Gasteiger charge is 2.23. The molecule has 156 valence electrons.